The largest absolute Gasteiger partial charge is 0.311 e. The molecule has 3 heteroatoms. The zero-order valence-electron chi connectivity index (χ0n) is 11.9. The highest BCUT2D eigenvalue weighted by Gasteiger charge is 2.15. The summed E-state index contributed by atoms with van der Waals surface area (Å²) >= 11 is 1.91. The van der Waals surface area contributed by atoms with Crippen molar-refractivity contribution < 1.29 is 0 Å². The summed E-state index contributed by atoms with van der Waals surface area (Å²) in [5, 5.41) is 3.49. The van der Waals surface area contributed by atoms with Crippen LogP contribution in [0.4, 0.5) is 0 Å². The second-order valence-electron chi connectivity index (χ2n) is 5.76. The predicted octanol–water partition coefficient (Wildman–Crippen LogP) is 3.77. The Balaban J connectivity index is 1.76. The van der Waals surface area contributed by atoms with Crippen molar-refractivity contribution >= 4 is 11.3 Å². The third kappa shape index (κ3) is 4.44. The number of hydrogen-bond acceptors (Lipinski definition) is 3. The van der Waals surface area contributed by atoms with Crippen molar-refractivity contribution in [2.24, 2.45) is 0 Å². The number of aromatic nitrogens is 1. The first-order chi connectivity index (χ1) is 9.05. The second-order valence-corrected chi connectivity index (χ2v) is 6.93. The van der Waals surface area contributed by atoms with Gasteiger partial charge >= 0.3 is 0 Å². The van der Waals surface area contributed by atoms with E-state index < -0.39 is 0 Å². The molecular formula is C16H22N2S. The molecule has 0 amide bonds. The normalized spacial score (nSPS) is 11.7. The zero-order valence-corrected chi connectivity index (χ0v) is 12.8. The van der Waals surface area contributed by atoms with Gasteiger partial charge in [-0.25, -0.2) is 0 Å². The van der Waals surface area contributed by atoms with Gasteiger partial charge in [-0.05, 0) is 29.7 Å². The Morgan fingerprint density at radius 2 is 2.00 bits per heavy atom. The number of rotatable bonds is 5. The molecule has 0 radical (unpaired) electrons. The van der Waals surface area contributed by atoms with E-state index in [0.717, 1.165) is 25.2 Å². The summed E-state index contributed by atoms with van der Waals surface area (Å²) < 4.78 is 0. The van der Waals surface area contributed by atoms with Crippen LogP contribution in [0.15, 0.2) is 36.5 Å². The predicted molar refractivity (Wildman–Crippen MR) is 82.7 cm³/mol. The lowest BCUT2D eigenvalue weighted by Gasteiger charge is -2.15. The van der Waals surface area contributed by atoms with Gasteiger partial charge in [-0.3, -0.25) is 4.98 Å². The molecule has 2 heterocycles. The van der Waals surface area contributed by atoms with Gasteiger partial charge < -0.3 is 5.32 Å². The molecule has 0 aliphatic carbocycles. The molecule has 0 bridgehead atoms. The fourth-order valence-corrected chi connectivity index (χ4v) is 2.89. The Labute approximate surface area is 119 Å². The van der Waals surface area contributed by atoms with E-state index in [0.29, 0.717) is 0 Å². The number of hydrogen-bond donors (Lipinski definition) is 1. The molecule has 2 nitrogen and oxygen atoms in total. The molecular weight excluding hydrogens is 252 g/mol. The van der Waals surface area contributed by atoms with Crippen LogP contribution in [0, 0.1) is 0 Å². The summed E-state index contributed by atoms with van der Waals surface area (Å²) in [6, 6.07) is 10.6. The SMILES string of the molecule is CC(C)(C)c1ccc(CNCCc2ccccn2)s1. The van der Waals surface area contributed by atoms with Gasteiger partial charge in [0, 0.05) is 41.2 Å². The highest BCUT2D eigenvalue weighted by atomic mass is 32.1. The maximum atomic E-state index is 4.32. The molecule has 0 aliphatic heterocycles. The van der Waals surface area contributed by atoms with Crippen LogP contribution >= 0.6 is 11.3 Å². The summed E-state index contributed by atoms with van der Waals surface area (Å²) in [5.41, 5.74) is 1.41. The van der Waals surface area contributed by atoms with E-state index in [4.69, 9.17) is 0 Å². The Morgan fingerprint density at radius 3 is 2.63 bits per heavy atom. The van der Waals surface area contributed by atoms with Gasteiger partial charge in [-0.15, -0.1) is 11.3 Å². The van der Waals surface area contributed by atoms with Crippen molar-refractivity contribution in [3.8, 4) is 0 Å². The molecule has 0 unspecified atom stereocenters. The number of nitrogens with zero attached hydrogens (tertiary/aromatic N) is 1. The van der Waals surface area contributed by atoms with Crippen LogP contribution in [0.25, 0.3) is 0 Å². The zero-order chi connectivity index (χ0) is 13.7. The van der Waals surface area contributed by atoms with Crippen LogP contribution in [0.5, 0.6) is 0 Å². The fraction of sp³-hybridized carbons (Fsp3) is 0.438. The van der Waals surface area contributed by atoms with E-state index in [9.17, 15) is 0 Å². The molecule has 102 valence electrons. The minimum atomic E-state index is 0.261. The van der Waals surface area contributed by atoms with E-state index in [1.165, 1.54) is 9.75 Å². The Kier molecular flexibility index (Phi) is 4.72. The van der Waals surface area contributed by atoms with Crippen LogP contribution in [-0.4, -0.2) is 11.5 Å². The monoisotopic (exact) mass is 274 g/mol. The van der Waals surface area contributed by atoms with Crippen molar-refractivity contribution in [2.75, 3.05) is 6.54 Å². The van der Waals surface area contributed by atoms with Crippen molar-refractivity contribution in [1.82, 2.24) is 10.3 Å². The first-order valence-corrected chi connectivity index (χ1v) is 7.57. The number of nitrogens with one attached hydrogen (secondary N) is 1. The molecule has 0 atom stereocenters. The van der Waals surface area contributed by atoms with E-state index in [1.807, 2.05) is 29.7 Å². The van der Waals surface area contributed by atoms with Gasteiger partial charge in [0.15, 0.2) is 0 Å². The number of pyridine rings is 1. The molecule has 1 N–H and O–H groups in total. The van der Waals surface area contributed by atoms with Crippen molar-refractivity contribution in [3.63, 3.8) is 0 Å². The third-order valence-corrected chi connectivity index (χ3v) is 4.50. The van der Waals surface area contributed by atoms with Gasteiger partial charge in [0.2, 0.25) is 0 Å². The minimum absolute atomic E-state index is 0.261. The lowest BCUT2D eigenvalue weighted by Crippen LogP contribution is -2.16. The molecule has 2 aromatic rings. The standard InChI is InChI=1S/C16H22N2S/c1-16(2,3)15-8-7-14(19-15)12-17-11-9-13-6-4-5-10-18-13/h4-8,10,17H,9,11-12H2,1-3H3. The first-order valence-electron chi connectivity index (χ1n) is 6.75. The molecule has 0 spiro atoms. The van der Waals surface area contributed by atoms with E-state index in [1.54, 1.807) is 0 Å². The molecule has 0 saturated carbocycles. The Morgan fingerprint density at radius 1 is 1.16 bits per heavy atom. The molecule has 0 aliphatic rings. The van der Waals surface area contributed by atoms with Crippen LogP contribution < -0.4 is 5.32 Å². The highest BCUT2D eigenvalue weighted by Crippen LogP contribution is 2.29. The second kappa shape index (κ2) is 6.31. The molecule has 0 fully saturated rings. The van der Waals surface area contributed by atoms with Gasteiger partial charge in [0.25, 0.3) is 0 Å². The van der Waals surface area contributed by atoms with Crippen molar-refractivity contribution in [2.45, 2.75) is 39.2 Å². The fourth-order valence-electron chi connectivity index (χ4n) is 1.85. The van der Waals surface area contributed by atoms with Gasteiger partial charge in [-0.1, -0.05) is 26.8 Å². The average Bonchev–Trinajstić information content (AvgIpc) is 2.85. The van der Waals surface area contributed by atoms with Gasteiger partial charge in [0.1, 0.15) is 0 Å². The summed E-state index contributed by atoms with van der Waals surface area (Å²) in [6.45, 7) is 8.71. The van der Waals surface area contributed by atoms with E-state index in [2.05, 4.69) is 49.3 Å². The Bertz CT molecular complexity index is 497. The Hall–Kier alpha value is -1.19. The van der Waals surface area contributed by atoms with Crippen LogP contribution in [0.3, 0.4) is 0 Å². The molecule has 0 saturated heterocycles. The summed E-state index contributed by atoms with van der Waals surface area (Å²) in [5.74, 6) is 0. The maximum Gasteiger partial charge on any atom is 0.0416 e. The summed E-state index contributed by atoms with van der Waals surface area (Å²) in [7, 11) is 0. The quantitative estimate of drug-likeness (QED) is 0.839. The molecule has 19 heavy (non-hydrogen) atoms. The molecule has 0 aromatic carbocycles. The maximum absolute atomic E-state index is 4.32. The lowest BCUT2D eigenvalue weighted by atomic mass is 9.95. The van der Waals surface area contributed by atoms with Gasteiger partial charge in [-0.2, -0.15) is 0 Å². The molecule has 2 aromatic heterocycles. The van der Waals surface area contributed by atoms with Crippen LogP contribution in [0.1, 0.15) is 36.2 Å². The van der Waals surface area contributed by atoms with E-state index in [-0.39, 0.29) is 5.41 Å². The van der Waals surface area contributed by atoms with E-state index >= 15 is 0 Å². The summed E-state index contributed by atoms with van der Waals surface area (Å²) in [4.78, 5) is 7.18. The van der Waals surface area contributed by atoms with Gasteiger partial charge in [0.05, 0.1) is 0 Å². The minimum Gasteiger partial charge on any atom is -0.311 e. The summed E-state index contributed by atoms with van der Waals surface area (Å²) in [6.07, 6.45) is 2.84. The van der Waals surface area contributed by atoms with Crippen LogP contribution in [0.2, 0.25) is 0 Å². The van der Waals surface area contributed by atoms with Crippen molar-refractivity contribution in [1.29, 1.82) is 0 Å². The topological polar surface area (TPSA) is 24.9 Å². The van der Waals surface area contributed by atoms with Crippen molar-refractivity contribution in [3.05, 3.63) is 52.0 Å². The van der Waals surface area contributed by atoms with Crippen LogP contribution in [-0.2, 0) is 18.4 Å². The highest BCUT2D eigenvalue weighted by molar-refractivity contribution is 7.12. The smallest absolute Gasteiger partial charge is 0.0416 e. The average molecular weight is 274 g/mol. The molecule has 2 rings (SSSR count). The number of thiophene rings is 1. The lowest BCUT2D eigenvalue weighted by molar-refractivity contribution is 0.604. The third-order valence-electron chi connectivity index (χ3n) is 2.98. The first kappa shape index (κ1) is 14.2.